The fourth-order valence-electron chi connectivity index (χ4n) is 2.39. The molecule has 1 atom stereocenters. The molecule has 0 saturated carbocycles. The lowest BCUT2D eigenvalue weighted by Crippen LogP contribution is -2.44. The molecular formula is C17H25ClN2O5. The summed E-state index contributed by atoms with van der Waals surface area (Å²) in [6, 6.07) is 5.41. The molecule has 2 N–H and O–H groups in total. The summed E-state index contributed by atoms with van der Waals surface area (Å²) in [6.07, 6.45) is 0.708. The van der Waals surface area contributed by atoms with Gasteiger partial charge in [-0.25, -0.2) is 0 Å². The van der Waals surface area contributed by atoms with Crippen molar-refractivity contribution < 1.29 is 24.2 Å². The minimum atomic E-state index is -0.868. The van der Waals surface area contributed by atoms with Gasteiger partial charge in [-0.15, -0.1) is 12.4 Å². The normalized spacial score (nSPS) is 13.7. The van der Waals surface area contributed by atoms with Crippen LogP contribution in [0.4, 0.5) is 0 Å². The maximum absolute atomic E-state index is 12.1. The van der Waals surface area contributed by atoms with Crippen molar-refractivity contribution >= 4 is 24.3 Å². The molecular weight excluding hydrogens is 348 g/mol. The first-order valence-electron chi connectivity index (χ1n) is 8.05. The van der Waals surface area contributed by atoms with Crippen LogP contribution in [-0.4, -0.2) is 61.3 Å². The third-order valence-electron chi connectivity index (χ3n) is 4.04. The van der Waals surface area contributed by atoms with Crippen molar-refractivity contribution in [3.05, 3.63) is 23.8 Å². The van der Waals surface area contributed by atoms with Crippen LogP contribution in [0.3, 0.4) is 0 Å². The van der Waals surface area contributed by atoms with E-state index in [1.54, 1.807) is 18.9 Å². The van der Waals surface area contributed by atoms with Gasteiger partial charge in [0.2, 0.25) is 5.91 Å². The Labute approximate surface area is 153 Å². The van der Waals surface area contributed by atoms with Crippen molar-refractivity contribution in [2.45, 2.75) is 25.8 Å². The highest BCUT2D eigenvalue weighted by molar-refractivity contribution is 5.85. The number of nitrogens with one attached hydrogen (secondary N) is 1. The van der Waals surface area contributed by atoms with E-state index in [1.165, 1.54) is 0 Å². The summed E-state index contributed by atoms with van der Waals surface area (Å²) in [7, 11) is 1.74. The number of nitrogens with zero attached hydrogens (tertiary/aromatic N) is 1. The Morgan fingerprint density at radius 2 is 1.96 bits per heavy atom. The number of carboxylic acid groups (broad SMARTS) is 1. The average Bonchev–Trinajstić information content (AvgIpc) is 2.58. The molecule has 1 aliphatic heterocycles. The number of rotatable bonds is 8. The molecule has 1 aliphatic rings. The minimum Gasteiger partial charge on any atom is -0.486 e. The van der Waals surface area contributed by atoms with Crippen LogP contribution in [0.1, 0.15) is 18.9 Å². The van der Waals surface area contributed by atoms with Gasteiger partial charge in [-0.3, -0.25) is 14.5 Å². The molecule has 140 valence electrons. The average molecular weight is 373 g/mol. The number of hydrogen-bond acceptors (Lipinski definition) is 5. The molecule has 1 heterocycles. The molecule has 0 aromatic heterocycles. The van der Waals surface area contributed by atoms with E-state index in [2.05, 4.69) is 5.32 Å². The monoisotopic (exact) mass is 372 g/mol. The molecule has 0 saturated heterocycles. The summed E-state index contributed by atoms with van der Waals surface area (Å²) in [5.74, 6) is 0.517. The molecule has 1 aromatic carbocycles. The molecule has 0 radical (unpaired) electrons. The number of carbonyl (C=O) groups is 2. The van der Waals surface area contributed by atoms with Gasteiger partial charge in [0.05, 0.1) is 12.5 Å². The van der Waals surface area contributed by atoms with Gasteiger partial charge >= 0.3 is 5.97 Å². The highest BCUT2D eigenvalue weighted by Crippen LogP contribution is 2.30. The van der Waals surface area contributed by atoms with E-state index in [1.807, 2.05) is 18.2 Å². The van der Waals surface area contributed by atoms with E-state index in [4.69, 9.17) is 14.6 Å². The van der Waals surface area contributed by atoms with E-state index in [0.717, 1.165) is 17.1 Å². The van der Waals surface area contributed by atoms with Crippen LogP contribution in [0.15, 0.2) is 18.2 Å². The standard InChI is InChI=1S/C17H24N2O5.ClH/c1-12(19(2)8-6-16(20)21)17(22)18-7-5-13-3-4-14-15(11-13)24-10-9-23-14;/h3-4,11-12H,5-10H2,1-2H3,(H,18,22)(H,20,21);1H. The molecule has 0 fully saturated rings. The smallest absolute Gasteiger partial charge is 0.304 e. The largest absolute Gasteiger partial charge is 0.486 e. The molecule has 7 nitrogen and oxygen atoms in total. The van der Waals surface area contributed by atoms with Gasteiger partial charge in [0.25, 0.3) is 0 Å². The number of fused-ring (bicyclic) bond motifs is 1. The fourth-order valence-corrected chi connectivity index (χ4v) is 2.39. The van der Waals surface area contributed by atoms with Crippen molar-refractivity contribution in [2.24, 2.45) is 0 Å². The number of carbonyl (C=O) groups excluding carboxylic acids is 1. The zero-order valence-electron chi connectivity index (χ0n) is 14.5. The molecule has 2 rings (SSSR count). The predicted octanol–water partition coefficient (Wildman–Crippen LogP) is 1.33. The Morgan fingerprint density at radius 3 is 2.64 bits per heavy atom. The maximum Gasteiger partial charge on any atom is 0.304 e. The van der Waals surface area contributed by atoms with Gasteiger partial charge < -0.3 is 19.9 Å². The third-order valence-corrected chi connectivity index (χ3v) is 4.04. The lowest BCUT2D eigenvalue weighted by molar-refractivity contribution is -0.138. The van der Waals surface area contributed by atoms with Crippen LogP contribution in [0.5, 0.6) is 11.5 Å². The van der Waals surface area contributed by atoms with Crippen LogP contribution < -0.4 is 14.8 Å². The highest BCUT2D eigenvalue weighted by Gasteiger charge is 2.18. The van der Waals surface area contributed by atoms with E-state index in [-0.39, 0.29) is 30.8 Å². The molecule has 0 aliphatic carbocycles. The Balaban J connectivity index is 0.00000312. The third kappa shape index (κ3) is 6.43. The summed E-state index contributed by atoms with van der Waals surface area (Å²) in [6.45, 7) is 3.73. The van der Waals surface area contributed by atoms with Gasteiger partial charge in [-0.05, 0) is 38.1 Å². The summed E-state index contributed by atoms with van der Waals surface area (Å²) >= 11 is 0. The number of hydrogen-bond donors (Lipinski definition) is 2. The van der Waals surface area contributed by atoms with Gasteiger partial charge in [0, 0.05) is 13.1 Å². The molecule has 1 aromatic rings. The molecule has 25 heavy (non-hydrogen) atoms. The minimum absolute atomic E-state index is 0. The second-order valence-corrected chi connectivity index (χ2v) is 5.82. The molecule has 8 heteroatoms. The highest BCUT2D eigenvalue weighted by atomic mass is 35.5. The molecule has 1 unspecified atom stereocenters. The number of benzene rings is 1. The zero-order chi connectivity index (χ0) is 17.5. The number of carboxylic acids is 1. The van der Waals surface area contributed by atoms with Crippen LogP contribution in [0.25, 0.3) is 0 Å². The number of amides is 1. The fraction of sp³-hybridized carbons (Fsp3) is 0.529. The first-order valence-corrected chi connectivity index (χ1v) is 8.05. The SMILES string of the molecule is CC(C(=O)NCCc1ccc2c(c1)OCCO2)N(C)CCC(=O)O.Cl. The lowest BCUT2D eigenvalue weighted by Gasteiger charge is -2.23. The first kappa shape index (κ1) is 21.1. The van der Waals surface area contributed by atoms with Gasteiger partial charge in [0.1, 0.15) is 13.2 Å². The Hall–Kier alpha value is -1.99. The number of aliphatic carboxylic acids is 1. The van der Waals surface area contributed by atoms with Crippen LogP contribution in [0, 0.1) is 0 Å². The van der Waals surface area contributed by atoms with Crippen molar-refractivity contribution in [1.82, 2.24) is 10.2 Å². The number of halogens is 1. The second kappa shape index (κ2) is 10.1. The van der Waals surface area contributed by atoms with Crippen molar-refractivity contribution in [3.63, 3.8) is 0 Å². The first-order chi connectivity index (χ1) is 11.5. The Morgan fingerprint density at radius 1 is 1.28 bits per heavy atom. The maximum atomic E-state index is 12.1. The number of likely N-dealkylation sites (N-methyl/N-ethyl adjacent to an activating group) is 1. The lowest BCUT2D eigenvalue weighted by atomic mass is 10.1. The zero-order valence-corrected chi connectivity index (χ0v) is 15.3. The molecule has 0 bridgehead atoms. The van der Waals surface area contributed by atoms with Crippen molar-refractivity contribution in [3.8, 4) is 11.5 Å². The predicted molar refractivity (Wildman–Crippen MR) is 95.7 cm³/mol. The summed E-state index contributed by atoms with van der Waals surface area (Å²) in [4.78, 5) is 24.4. The van der Waals surface area contributed by atoms with E-state index in [9.17, 15) is 9.59 Å². The van der Waals surface area contributed by atoms with E-state index in [0.29, 0.717) is 32.7 Å². The molecule has 0 spiro atoms. The Bertz CT molecular complexity index is 596. The van der Waals surface area contributed by atoms with Gasteiger partial charge in [-0.2, -0.15) is 0 Å². The van der Waals surface area contributed by atoms with E-state index < -0.39 is 5.97 Å². The second-order valence-electron chi connectivity index (χ2n) is 5.82. The quantitative estimate of drug-likeness (QED) is 0.715. The van der Waals surface area contributed by atoms with Crippen LogP contribution >= 0.6 is 12.4 Å². The van der Waals surface area contributed by atoms with Crippen molar-refractivity contribution in [1.29, 1.82) is 0 Å². The molecule has 1 amide bonds. The summed E-state index contributed by atoms with van der Waals surface area (Å²) in [5, 5.41) is 11.6. The Kier molecular flexibility index (Phi) is 8.51. The van der Waals surface area contributed by atoms with Gasteiger partial charge in [-0.1, -0.05) is 6.07 Å². The van der Waals surface area contributed by atoms with Crippen LogP contribution in [0.2, 0.25) is 0 Å². The topological polar surface area (TPSA) is 88.1 Å². The van der Waals surface area contributed by atoms with Crippen LogP contribution in [-0.2, 0) is 16.0 Å². The van der Waals surface area contributed by atoms with Crippen molar-refractivity contribution in [2.75, 3.05) is 33.4 Å². The summed E-state index contributed by atoms with van der Waals surface area (Å²) < 4.78 is 11.0. The van der Waals surface area contributed by atoms with E-state index >= 15 is 0 Å². The number of ether oxygens (including phenoxy) is 2. The summed E-state index contributed by atoms with van der Waals surface area (Å²) in [5.41, 5.74) is 1.06. The van der Waals surface area contributed by atoms with Gasteiger partial charge in [0.15, 0.2) is 11.5 Å².